The van der Waals surface area contributed by atoms with E-state index in [1.54, 1.807) is 38.8 Å². The van der Waals surface area contributed by atoms with Crippen molar-refractivity contribution in [2.45, 2.75) is 27.4 Å². The maximum atomic E-state index is 12.7. The van der Waals surface area contributed by atoms with Crippen LogP contribution in [0.15, 0.2) is 46.9 Å². The fourth-order valence-corrected chi connectivity index (χ4v) is 3.55. The first kappa shape index (κ1) is 23.8. The summed E-state index contributed by atoms with van der Waals surface area (Å²) in [5, 5.41) is 8.11. The summed E-state index contributed by atoms with van der Waals surface area (Å²) >= 11 is 0. The molecule has 4 rings (SSSR count). The van der Waals surface area contributed by atoms with Crippen molar-refractivity contribution in [3.05, 3.63) is 65.3 Å². The SMILES string of the molecule is CCOc1ccc(-n2nnc(C(=O)OCc3nc(-c4cccc(OC)c4OC)oc3C)c2C)cc1. The molecule has 0 fully saturated rings. The highest BCUT2D eigenvalue weighted by Gasteiger charge is 2.22. The fourth-order valence-electron chi connectivity index (χ4n) is 3.55. The van der Waals surface area contributed by atoms with E-state index in [1.165, 1.54) is 0 Å². The molecule has 182 valence electrons. The second-order valence-electron chi connectivity index (χ2n) is 7.50. The Labute approximate surface area is 202 Å². The van der Waals surface area contributed by atoms with Crippen LogP contribution in [0.1, 0.15) is 34.6 Å². The molecule has 0 atom stereocenters. The molecule has 0 aliphatic carbocycles. The highest BCUT2D eigenvalue weighted by atomic mass is 16.5. The summed E-state index contributed by atoms with van der Waals surface area (Å²) in [6.45, 7) is 5.92. The highest BCUT2D eigenvalue weighted by Crippen LogP contribution is 2.38. The van der Waals surface area contributed by atoms with E-state index in [2.05, 4.69) is 15.3 Å². The number of aromatic nitrogens is 4. The zero-order chi connectivity index (χ0) is 24.9. The predicted molar refractivity (Wildman–Crippen MR) is 126 cm³/mol. The van der Waals surface area contributed by atoms with Gasteiger partial charge in [0.2, 0.25) is 5.89 Å². The third-order valence-electron chi connectivity index (χ3n) is 5.35. The molecule has 2 aromatic heterocycles. The van der Waals surface area contributed by atoms with Crippen LogP contribution in [0.25, 0.3) is 17.1 Å². The van der Waals surface area contributed by atoms with Crippen LogP contribution < -0.4 is 14.2 Å². The number of esters is 1. The summed E-state index contributed by atoms with van der Waals surface area (Å²) in [4.78, 5) is 17.2. The molecule has 0 saturated heterocycles. The lowest BCUT2D eigenvalue weighted by molar-refractivity contribution is 0.0459. The van der Waals surface area contributed by atoms with Crippen LogP contribution >= 0.6 is 0 Å². The van der Waals surface area contributed by atoms with Crippen LogP contribution in [0.3, 0.4) is 0 Å². The molecule has 10 heteroatoms. The van der Waals surface area contributed by atoms with Crippen molar-refractivity contribution in [2.24, 2.45) is 0 Å². The van der Waals surface area contributed by atoms with E-state index in [0.717, 1.165) is 11.4 Å². The van der Waals surface area contributed by atoms with E-state index < -0.39 is 5.97 Å². The number of hydrogen-bond acceptors (Lipinski definition) is 9. The lowest BCUT2D eigenvalue weighted by atomic mass is 10.2. The van der Waals surface area contributed by atoms with Gasteiger partial charge in [-0.1, -0.05) is 11.3 Å². The lowest BCUT2D eigenvalue weighted by Crippen LogP contribution is -2.09. The van der Waals surface area contributed by atoms with Gasteiger partial charge in [-0.25, -0.2) is 14.5 Å². The van der Waals surface area contributed by atoms with E-state index in [1.807, 2.05) is 43.3 Å². The quantitative estimate of drug-likeness (QED) is 0.325. The molecule has 0 aliphatic rings. The smallest absolute Gasteiger partial charge is 0.361 e. The molecular weight excluding hydrogens is 452 g/mol. The molecule has 0 unspecified atom stereocenters. The molecule has 4 aromatic rings. The maximum Gasteiger partial charge on any atom is 0.361 e. The molecule has 10 nitrogen and oxygen atoms in total. The number of para-hydroxylation sites is 1. The summed E-state index contributed by atoms with van der Waals surface area (Å²) in [6, 6.07) is 12.8. The molecule has 2 aromatic carbocycles. The van der Waals surface area contributed by atoms with Crippen LogP contribution in [0.5, 0.6) is 17.2 Å². The largest absolute Gasteiger partial charge is 0.494 e. The van der Waals surface area contributed by atoms with Crippen LogP contribution in [-0.2, 0) is 11.3 Å². The lowest BCUT2D eigenvalue weighted by Gasteiger charge is -2.09. The Kier molecular flexibility index (Phi) is 7.00. The second kappa shape index (κ2) is 10.3. The Morgan fingerprint density at radius 3 is 2.51 bits per heavy atom. The summed E-state index contributed by atoms with van der Waals surface area (Å²) in [6.07, 6.45) is 0. The molecule has 0 amide bonds. The van der Waals surface area contributed by atoms with E-state index in [9.17, 15) is 4.79 Å². The minimum Gasteiger partial charge on any atom is -0.494 e. The number of benzene rings is 2. The second-order valence-corrected chi connectivity index (χ2v) is 7.50. The number of aryl methyl sites for hydroxylation is 1. The first-order chi connectivity index (χ1) is 17.0. The molecule has 0 radical (unpaired) electrons. The first-order valence-electron chi connectivity index (χ1n) is 11.0. The zero-order valence-electron chi connectivity index (χ0n) is 20.2. The number of methoxy groups -OCH3 is 2. The van der Waals surface area contributed by atoms with Crippen molar-refractivity contribution in [3.8, 4) is 34.4 Å². The number of ether oxygens (including phenoxy) is 4. The van der Waals surface area contributed by atoms with Gasteiger partial charge < -0.3 is 23.4 Å². The Morgan fingerprint density at radius 2 is 1.83 bits per heavy atom. The van der Waals surface area contributed by atoms with Gasteiger partial charge in [-0.2, -0.15) is 0 Å². The predicted octanol–water partition coefficient (Wildman–Crippen LogP) is 4.31. The number of carbonyl (C=O) groups is 1. The van der Waals surface area contributed by atoms with E-state index in [0.29, 0.717) is 46.7 Å². The van der Waals surface area contributed by atoms with Crippen molar-refractivity contribution >= 4 is 5.97 Å². The number of hydrogen-bond donors (Lipinski definition) is 0. The van der Waals surface area contributed by atoms with Gasteiger partial charge in [-0.05, 0) is 57.2 Å². The van der Waals surface area contributed by atoms with Gasteiger partial charge in [-0.3, -0.25) is 0 Å². The van der Waals surface area contributed by atoms with E-state index in [4.69, 9.17) is 23.4 Å². The maximum absolute atomic E-state index is 12.7. The zero-order valence-corrected chi connectivity index (χ0v) is 20.2. The van der Waals surface area contributed by atoms with Crippen LogP contribution in [-0.4, -0.2) is 46.8 Å². The van der Waals surface area contributed by atoms with Gasteiger partial charge in [-0.15, -0.1) is 5.10 Å². The van der Waals surface area contributed by atoms with Gasteiger partial charge >= 0.3 is 5.97 Å². The van der Waals surface area contributed by atoms with E-state index in [-0.39, 0.29) is 12.3 Å². The molecule has 0 spiro atoms. The Morgan fingerprint density at radius 1 is 1.06 bits per heavy atom. The van der Waals surface area contributed by atoms with Gasteiger partial charge in [0.1, 0.15) is 23.8 Å². The van der Waals surface area contributed by atoms with Crippen molar-refractivity contribution in [1.82, 2.24) is 20.0 Å². The van der Waals surface area contributed by atoms with Crippen LogP contribution in [0, 0.1) is 13.8 Å². The van der Waals surface area contributed by atoms with Gasteiger partial charge in [0, 0.05) is 0 Å². The Bertz CT molecular complexity index is 1330. The average Bonchev–Trinajstić information content (AvgIpc) is 3.44. The van der Waals surface area contributed by atoms with Gasteiger partial charge in [0.25, 0.3) is 0 Å². The third kappa shape index (κ3) is 4.81. The molecular formula is C25H26N4O6. The Hall–Kier alpha value is -4.34. The third-order valence-corrected chi connectivity index (χ3v) is 5.35. The number of nitrogens with zero attached hydrogens (tertiary/aromatic N) is 4. The summed E-state index contributed by atoms with van der Waals surface area (Å²) in [5.41, 5.74) is 2.53. The van der Waals surface area contributed by atoms with Gasteiger partial charge in [0.05, 0.1) is 37.8 Å². The summed E-state index contributed by atoms with van der Waals surface area (Å²) < 4.78 is 29.1. The number of rotatable bonds is 9. The van der Waals surface area contributed by atoms with Gasteiger partial charge in [0.15, 0.2) is 17.2 Å². The molecule has 0 N–H and O–H groups in total. The monoisotopic (exact) mass is 478 g/mol. The molecule has 0 aliphatic heterocycles. The first-order valence-corrected chi connectivity index (χ1v) is 11.0. The Balaban J connectivity index is 1.49. The normalized spacial score (nSPS) is 10.8. The van der Waals surface area contributed by atoms with Crippen LogP contribution in [0.2, 0.25) is 0 Å². The van der Waals surface area contributed by atoms with Crippen molar-refractivity contribution in [1.29, 1.82) is 0 Å². The highest BCUT2D eigenvalue weighted by molar-refractivity contribution is 5.88. The standard InChI is InChI=1S/C25H26N4O6/c1-6-33-18-12-10-17(11-13-18)29-15(2)22(27-28-29)25(30)34-14-20-16(3)35-24(26-20)19-8-7-9-21(31-4)23(19)32-5/h7-13H,6,14H2,1-5H3. The molecule has 0 bridgehead atoms. The molecule has 2 heterocycles. The number of carbonyl (C=O) groups excluding carboxylic acids is 1. The minimum absolute atomic E-state index is 0.0875. The average molecular weight is 479 g/mol. The van der Waals surface area contributed by atoms with Crippen molar-refractivity contribution in [2.75, 3.05) is 20.8 Å². The van der Waals surface area contributed by atoms with E-state index >= 15 is 0 Å². The molecule has 35 heavy (non-hydrogen) atoms. The summed E-state index contributed by atoms with van der Waals surface area (Å²) in [7, 11) is 3.10. The van der Waals surface area contributed by atoms with Crippen molar-refractivity contribution in [3.63, 3.8) is 0 Å². The topological polar surface area (TPSA) is 111 Å². The molecule has 0 saturated carbocycles. The van der Waals surface area contributed by atoms with Crippen LogP contribution in [0.4, 0.5) is 0 Å². The fraction of sp³-hybridized carbons (Fsp3) is 0.280. The van der Waals surface area contributed by atoms with Crippen molar-refractivity contribution < 1.29 is 28.2 Å². The number of oxazole rings is 1. The minimum atomic E-state index is -0.609. The summed E-state index contributed by atoms with van der Waals surface area (Å²) in [5.74, 6) is 2.06.